The highest BCUT2D eigenvalue weighted by molar-refractivity contribution is 5.95. The molecule has 0 bridgehead atoms. The van der Waals surface area contributed by atoms with E-state index in [0.29, 0.717) is 17.9 Å². The van der Waals surface area contributed by atoms with Gasteiger partial charge in [-0.2, -0.15) is 0 Å². The SMILES string of the molecule is CCN(CC(=O)NC)C(C)C(=O)Nc1cccc(N)c1. The van der Waals surface area contributed by atoms with Gasteiger partial charge in [-0.15, -0.1) is 0 Å². The number of nitrogens with one attached hydrogen (secondary N) is 2. The molecule has 20 heavy (non-hydrogen) atoms. The summed E-state index contributed by atoms with van der Waals surface area (Å²) in [5.41, 5.74) is 6.91. The van der Waals surface area contributed by atoms with E-state index in [1.807, 2.05) is 6.92 Å². The lowest BCUT2D eigenvalue weighted by Gasteiger charge is -2.26. The van der Waals surface area contributed by atoms with Crippen LogP contribution in [-0.4, -0.2) is 42.9 Å². The van der Waals surface area contributed by atoms with Crippen molar-refractivity contribution < 1.29 is 9.59 Å². The molecule has 110 valence electrons. The summed E-state index contributed by atoms with van der Waals surface area (Å²) in [5.74, 6) is -0.281. The molecule has 1 atom stereocenters. The van der Waals surface area contributed by atoms with Gasteiger partial charge in [-0.05, 0) is 31.7 Å². The Kier molecular flexibility index (Phi) is 5.99. The highest BCUT2D eigenvalue weighted by atomic mass is 16.2. The number of hydrogen-bond acceptors (Lipinski definition) is 4. The number of carbonyl (C=O) groups is 2. The molecule has 0 radical (unpaired) electrons. The minimum Gasteiger partial charge on any atom is -0.399 e. The van der Waals surface area contributed by atoms with Gasteiger partial charge in [0.25, 0.3) is 0 Å². The summed E-state index contributed by atoms with van der Waals surface area (Å²) in [6.07, 6.45) is 0. The van der Waals surface area contributed by atoms with Crippen LogP contribution in [0.2, 0.25) is 0 Å². The number of nitrogens with two attached hydrogens (primary N) is 1. The zero-order chi connectivity index (χ0) is 15.1. The van der Waals surface area contributed by atoms with E-state index in [9.17, 15) is 9.59 Å². The number of carbonyl (C=O) groups excluding carboxylic acids is 2. The molecule has 0 saturated carbocycles. The number of amides is 2. The Morgan fingerprint density at radius 1 is 1.40 bits per heavy atom. The van der Waals surface area contributed by atoms with E-state index < -0.39 is 6.04 Å². The molecule has 6 nitrogen and oxygen atoms in total. The highest BCUT2D eigenvalue weighted by Crippen LogP contribution is 2.13. The van der Waals surface area contributed by atoms with E-state index in [2.05, 4.69) is 10.6 Å². The third-order valence-electron chi connectivity index (χ3n) is 3.11. The van der Waals surface area contributed by atoms with E-state index in [1.165, 1.54) is 0 Å². The molecule has 6 heteroatoms. The van der Waals surface area contributed by atoms with Gasteiger partial charge in [0.2, 0.25) is 11.8 Å². The Bertz CT molecular complexity index is 476. The van der Waals surface area contributed by atoms with Crippen molar-refractivity contribution in [3.63, 3.8) is 0 Å². The predicted octanol–water partition coefficient (Wildman–Crippen LogP) is 0.664. The van der Waals surface area contributed by atoms with Crippen LogP contribution in [0.1, 0.15) is 13.8 Å². The van der Waals surface area contributed by atoms with Crippen LogP contribution in [0.15, 0.2) is 24.3 Å². The van der Waals surface area contributed by atoms with Crippen LogP contribution in [0.3, 0.4) is 0 Å². The van der Waals surface area contributed by atoms with Crippen LogP contribution in [0.5, 0.6) is 0 Å². The van der Waals surface area contributed by atoms with Crippen LogP contribution in [0, 0.1) is 0 Å². The molecule has 0 aliphatic rings. The maximum absolute atomic E-state index is 12.2. The molecule has 0 aliphatic heterocycles. The first-order valence-corrected chi connectivity index (χ1v) is 6.59. The zero-order valence-corrected chi connectivity index (χ0v) is 12.1. The summed E-state index contributed by atoms with van der Waals surface area (Å²) in [4.78, 5) is 25.4. The standard InChI is InChI=1S/C14H22N4O2/c1-4-18(9-13(19)16-3)10(2)14(20)17-12-7-5-6-11(15)8-12/h5-8,10H,4,9,15H2,1-3H3,(H,16,19)(H,17,20). The molecular weight excluding hydrogens is 256 g/mol. The van der Waals surface area contributed by atoms with E-state index in [1.54, 1.807) is 43.1 Å². The van der Waals surface area contributed by atoms with E-state index in [-0.39, 0.29) is 18.4 Å². The minimum absolute atomic E-state index is 0.115. The Morgan fingerprint density at radius 2 is 2.10 bits per heavy atom. The lowest BCUT2D eigenvalue weighted by molar-refractivity contribution is -0.125. The predicted molar refractivity (Wildman–Crippen MR) is 80.3 cm³/mol. The lowest BCUT2D eigenvalue weighted by Crippen LogP contribution is -2.46. The number of rotatable bonds is 6. The van der Waals surface area contributed by atoms with Crippen molar-refractivity contribution in [3.05, 3.63) is 24.3 Å². The van der Waals surface area contributed by atoms with Crippen molar-refractivity contribution in [1.29, 1.82) is 0 Å². The molecule has 1 aromatic rings. The fourth-order valence-corrected chi connectivity index (χ4v) is 1.82. The second-order valence-electron chi connectivity index (χ2n) is 4.53. The summed E-state index contributed by atoms with van der Waals surface area (Å²) in [6.45, 7) is 4.48. The van der Waals surface area contributed by atoms with E-state index >= 15 is 0 Å². The summed E-state index contributed by atoms with van der Waals surface area (Å²) in [5, 5.41) is 5.35. The third-order valence-corrected chi connectivity index (χ3v) is 3.11. The fraction of sp³-hybridized carbons (Fsp3) is 0.429. The van der Waals surface area contributed by atoms with Gasteiger partial charge < -0.3 is 16.4 Å². The van der Waals surface area contributed by atoms with Gasteiger partial charge in [0.1, 0.15) is 0 Å². The van der Waals surface area contributed by atoms with Crippen molar-refractivity contribution >= 4 is 23.2 Å². The first kappa shape index (κ1) is 16.0. The van der Waals surface area contributed by atoms with Crippen molar-refractivity contribution in [2.75, 3.05) is 31.2 Å². The summed E-state index contributed by atoms with van der Waals surface area (Å²) in [7, 11) is 1.58. The van der Waals surface area contributed by atoms with Gasteiger partial charge in [0.05, 0.1) is 12.6 Å². The number of hydrogen-bond donors (Lipinski definition) is 3. The molecule has 1 unspecified atom stereocenters. The normalized spacial score (nSPS) is 12.0. The Labute approximate surface area is 119 Å². The minimum atomic E-state index is -0.404. The van der Waals surface area contributed by atoms with E-state index in [4.69, 9.17) is 5.73 Å². The maximum Gasteiger partial charge on any atom is 0.241 e. The van der Waals surface area contributed by atoms with Gasteiger partial charge in [-0.3, -0.25) is 14.5 Å². The molecule has 0 saturated heterocycles. The zero-order valence-electron chi connectivity index (χ0n) is 12.1. The summed E-state index contributed by atoms with van der Waals surface area (Å²) in [6, 6.07) is 6.59. The molecule has 0 aromatic heterocycles. The first-order chi connectivity index (χ1) is 9.47. The van der Waals surface area contributed by atoms with Crippen LogP contribution >= 0.6 is 0 Å². The number of benzene rings is 1. The smallest absolute Gasteiger partial charge is 0.241 e. The number of nitrogens with zero attached hydrogens (tertiary/aromatic N) is 1. The maximum atomic E-state index is 12.2. The molecule has 0 fully saturated rings. The Hall–Kier alpha value is -2.08. The second-order valence-corrected chi connectivity index (χ2v) is 4.53. The van der Waals surface area contributed by atoms with Gasteiger partial charge in [0.15, 0.2) is 0 Å². The first-order valence-electron chi connectivity index (χ1n) is 6.59. The summed E-state index contributed by atoms with van der Waals surface area (Å²) >= 11 is 0. The largest absolute Gasteiger partial charge is 0.399 e. The van der Waals surface area contributed by atoms with Crippen LogP contribution in [0.4, 0.5) is 11.4 Å². The van der Waals surface area contributed by atoms with Crippen molar-refractivity contribution in [3.8, 4) is 0 Å². The Balaban J connectivity index is 2.67. The topological polar surface area (TPSA) is 87.5 Å². The molecular formula is C14H22N4O2. The second kappa shape index (κ2) is 7.49. The average molecular weight is 278 g/mol. The fourth-order valence-electron chi connectivity index (χ4n) is 1.82. The van der Waals surface area contributed by atoms with E-state index in [0.717, 1.165) is 0 Å². The average Bonchev–Trinajstić information content (AvgIpc) is 2.43. The monoisotopic (exact) mass is 278 g/mol. The molecule has 1 rings (SSSR count). The van der Waals surface area contributed by atoms with Crippen molar-refractivity contribution in [2.24, 2.45) is 0 Å². The molecule has 4 N–H and O–H groups in total. The van der Waals surface area contributed by atoms with Crippen molar-refractivity contribution in [1.82, 2.24) is 10.2 Å². The van der Waals surface area contributed by atoms with Gasteiger partial charge in [0, 0.05) is 18.4 Å². The van der Waals surface area contributed by atoms with Crippen LogP contribution in [0.25, 0.3) is 0 Å². The highest BCUT2D eigenvalue weighted by Gasteiger charge is 2.21. The van der Waals surface area contributed by atoms with Crippen LogP contribution < -0.4 is 16.4 Å². The summed E-state index contributed by atoms with van der Waals surface area (Å²) < 4.78 is 0. The quantitative estimate of drug-likeness (QED) is 0.667. The lowest BCUT2D eigenvalue weighted by atomic mass is 10.2. The number of likely N-dealkylation sites (N-methyl/N-ethyl adjacent to an activating group) is 2. The number of nitrogen functional groups attached to an aromatic ring is 1. The van der Waals surface area contributed by atoms with Gasteiger partial charge >= 0.3 is 0 Å². The third kappa shape index (κ3) is 4.55. The molecule has 2 amide bonds. The molecule has 1 aromatic carbocycles. The number of anilines is 2. The van der Waals surface area contributed by atoms with Crippen molar-refractivity contribution in [2.45, 2.75) is 19.9 Å². The Morgan fingerprint density at radius 3 is 2.65 bits per heavy atom. The molecule has 0 aliphatic carbocycles. The molecule has 0 spiro atoms. The van der Waals surface area contributed by atoms with Gasteiger partial charge in [-0.1, -0.05) is 13.0 Å². The van der Waals surface area contributed by atoms with Crippen LogP contribution in [-0.2, 0) is 9.59 Å². The van der Waals surface area contributed by atoms with Gasteiger partial charge in [-0.25, -0.2) is 0 Å². The molecule has 0 heterocycles.